The Balaban J connectivity index is 1.64. The molecule has 0 fully saturated rings. The Morgan fingerprint density at radius 1 is 0.964 bits per heavy atom. The number of rotatable bonds is 5. The lowest BCUT2D eigenvalue weighted by atomic mass is 10.1. The molecule has 0 aliphatic rings. The van der Waals surface area contributed by atoms with Gasteiger partial charge in [-0.05, 0) is 41.1 Å². The van der Waals surface area contributed by atoms with Gasteiger partial charge in [0, 0.05) is 18.3 Å². The van der Waals surface area contributed by atoms with Crippen molar-refractivity contribution in [1.29, 1.82) is 0 Å². The number of benzene rings is 3. The van der Waals surface area contributed by atoms with Crippen molar-refractivity contribution in [2.24, 2.45) is 0 Å². The molecule has 0 aliphatic carbocycles. The third kappa shape index (κ3) is 4.27. The predicted molar refractivity (Wildman–Crippen MR) is 104 cm³/mol. The topological polar surface area (TPSA) is 105 Å². The van der Waals surface area contributed by atoms with E-state index in [1.165, 1.54) is 25.2 Å². The SMILES string of the molecule is CNC(=O)c1cccc(NC(=O)COC(=O)c2cc3ccccc3cc2O)c1. The van der Waals surface area contributed by atoms with Crippen molar-refractivity contribution in [3.8, 4) is 5.75 Å². The average molecular weight is 378 g/mol. The Bertz CT molecular complexity index is 1060. The molecule has 0 atom stereocenters. The van der Waals surface area contributed by atoms with Crippen LogP contribution < -0.4 is 10.6 Å². The highest BCUT2D eigenvalue weighted by atomic mass is 16.5. The number of aromatic hydroxyl groups is 1. The predicted octanol–water partition coefficient (Wildman–Crippen LogP) is 2.70. The molecule has 0 bridgehead atoms. The van der Waals surface area contributed by atoms with E-state index in [2.05, 4.69) is 10.6 Å². The fourth-order valence-electron chi connectivity index (χ4n) is 2.68. The molecular weight excluding hydrogens is 360 g/mol. The van der Waals surface area contributed by atoms with E-state index in [9.17, 15) is 19.5 Å². The molecule has 0 spiro atoms. The van der Waals surface area contributed by atoms with Crippen molar-refractivity contribution in [2.75, 3.05) is 19.0 Å². The summed E-state index contributed by atoms with van der Waals surface area (Å²) in [5.41, 5.74) is 0.766. The minimum Gasteiger partial charge on any atom is -0.507 e. The number of carbonyl (C=O) groups is 3. The lowest BCUT2D eigenvalue weighted by molar-refractivity contribution is -0.119. The monoisotopic (exact) mass is 378 g/mol. The number of phenols is 1. The van der Waals surface area contributed by atoms with Gasteiger partial charge in [0.05, 0.1) is 0 Å². The first-order valence-corrected chi connectivity index (χ1v) is 8.49. The van der Waals surface area contributed by atoms with Crippen molar-refractivity contribution in [2.45, 2.75) is 0 Å². The second kappa shape index (κ2) is 8.22. The van der Waals surface area contributed by atoms with E-state index in [1.54, 1.807) is 24.3 Å². The van der Waals surface area contributed by atoms with Crippen molar-refractivity contribution in [3.63, 3.8) is 0 Å². The molecule has 0 saturated heterocycles. The van der Waals surface area contributed by atoms with Crippen LogP contribution in [0.3, 0.4) is 0 Å². The minimum atomic E-state index is -0.808. The summed E-state index contributed by atoms with van der Waals surface area (Å²) in [7, 11) is 1.51. The first-order chi connectivity index (χ1) is 13.5. The Morgan fingerprint density at radius 3 is 2.39 bits per heavy atom. The third-order valence-corrected chi connectivity index (χ3v) is 4.05. The smallest absolute Gasteiger partial charge is 0.342 e. The highest BCUT2D eigenvalue weighted by Crippen LogP contribution is 2.25. The number of nitrogens with one attached hydrogen (secondary N) is 2. The van der Waals surface area contributed by atoms with Crippen LogP contribution in [-0.4, -0.2) is 36.5 Å². The number of amides is 2. The summed E-state index contributed by atoms with van der Waals surface area (Å²) in [6.07, 6.45) is 0. The van der Waals surface area contributed by atoms with Gasteiger partial charge in [-0.3, -0.25) is 9.59 Å². The van der Waals surface area contributed by atoms with Crippen molar-refractivity contribution in [3.05, 3.63) is 71.8 Å². The molecule has 28 heavy (non-hydrogen) atoms. The second-order valence-corrected chi connectivity index (χ2v) is 6.00. The van der Waals surface area contributed by atoms with Crippen LogP contribution in [0.1, 0.15) is 20.7 Å². The maximum Gasteiger partial charge on any atom is 0.342 e. The van der Waals surface area contributed by atoms with Gasteiger partial charge in [-0.25, -0.2) is 4.79 Å². The standard InChI is InChI=1S/C21H18N2O5/c1-22-20(26)15-7-4-8-16(9-15)23-19(25)12-28-21(27)17-10-13-5-2-3-6-14(13)11-18(17)24/h2-11,24H,12H2,1H3,(H,22,26)(H,23,25). The minimum absolute atomic E-state index is 0.0203. The summed E-state index contributed by atoms with van der Waals surface area (Å²) in [5, 5.41) is 16.6. The van der Waals surface area contributed by atoms with Gasteiger partial charge >= 0.3 is 5.97 Å². The summed E-state index contributed by atoms with van der Waals surface area (Å²) in [4.78, 5) is 35.9. The Kier molecular flexibility index (Phi) is 5.55. The fourth-order valence-corrected chi connectivity index (χ4v) is 2.68. The molecule has 0 aliphatic heterocycles. The van der Waals surface area contributed by atoms with Crippen molar-refractivity contribution < 1.29 is 24.2 Å². The molecule has 3 rings (SSSR count). The molecular formula is C21H18N2O5. The lowest BCUT2D eigenvalue weighted by Crippen LogP contribution is -2.22. The summed E-state index contributed by atoms with van der Waals surface area (Å²) < 4.78 is 5.00. The zero-order valence-electron chi connectivity index (χ0n) is 15.1. The van der Waals surface area contributed by atoms with Crippen LogP contribution >= 0.6 is 0 Å². The van der Waals surface area contributed by atoms with Gasteiger partial charge in [0.15, 0.2) is 6.61 Å². The first-order valence-electron chi connectivity index (χ1n) is 8.49. The molecule has 3 aromatic rings. The van der Waals surface area contributed by atoms with E-state index in [1.807, 2.05) is 18.2 Å². The number of fused-ring (bicyclic) bond motifs is 1. The van der Waals surface area contributed by atoms with E-state index >= 15 is 0 Å². The maximum absolute atomic E-state index is 12.2. The zero-order chi connectivity index (χ0) is 20.1. The van der Waals surface area contributed by atoms with Gasteiger partial charge in [-0.15, -0.1) is 0 Å². The van der Waals surface area contributed by atoms with Crippen LogP contribution in [0.25, 0.3) is 10.8 Å². The molecule has 0 unspecified atom stereocenters. The van der Waals surface area contributed by atoms with E-state index in [4.69, 9.17) is 4.74 Å². The van der Waals surface area contributed by atoms with Gasteiger partial charge < -0.3 is 20.5 Å². The summed E-state index contributed by atoms with van der Waals surface area (Å²) in [5.74, 6) is -1.88. The fraction of sp³-hybridized carbons (Fsp3) is 0.0952. The van der Waals surface area contributed by atoms with E-state index in [0.29, 0.717) is 11.3 Å². The van der Waals surface area contributed by atoms with Gasteiger partial charge in [-0.2, -0.15) is 0 Å². The molecule has 0 saturated carbocycles. The number of esters is 1. The van der Waals surface area contributed by atoms with Gasteiger partial charge in [0.25, 0.3) is 11.8 Å². The summed E-state index contributed by atoms with van der Waals surface area (Å²) >= 11 is 0. The van der Waals surface area contributed by atoms with Crippen molar-refractivity contribution >= 4 is 34.2 Å². The molecule has 0 heterocycles. The number of carbonyl (C=O) groups excluding carboxylic acids is 3. The highest BCUT2D eigenvalue weighted by molar-refractivity contribution is 6.01. The lowest BCUT2D eigenvalue weighted by Gasteiger charge is -2.09. The van der Waals surface area contributed by atoms with Gasteiger partial charge in [0.1, 0.15) is 11.3 Å². The Morgan fingerprint density at radius 2 is 1.68 bits per heavy atom. The highest BCUT2D eigenvalue weighted by Gasteiger charge is 2.16. The molecule has 0 radical (unpaired) electrons. The largest absolute Gasteiger partial charge is 0.507 e. The number of hydrogen-bond acceptors (Lipinski definition) is 5. The van der Waals surface area contributed by atoms with Crippen molar-refractivity contribution in [1.82, 2.24) is 5.32 Å². The van der Waals surface area contributed by atoms with E-state index < -0.39 is 18.5 Å². The van der Waals surface area contributed by atoms with Gasteiger partial charge in [-0.1, -0.05) is 30.3 Å². The molecule has 7 heteroatoms. The normalized spacial score (nSPS) is 10.3. The van der Waals surface area contributed by atoms with E-state index in [-0.39, 0.29) is 17.2 Å². The average Bonchev–Trinajstić information content (AvgIpc) is 2.71. The van der Waals surface area contributed by atoms with Crippen LogP contribution in [0.2, 0.25) is 0 Å². The van der Waals surface area contributed by atoms with Gasteiger partial charge in [0.2, 0.25) is 0 Å². The molecule has 142 valence electrons. The van der Waals surface area contributed by atoms with Crippen LogP contribution in [0.4, 0.5) is 5.69 Å². The molecule has 2 amide bonds. The summed E-state index contributed by atoms with van der Waals surface area (Å²) in [6, 6.07) is 16.6. The zero-order valence-corrected chi connectivity index (χ0v) is 15.1. The third-order valence-electron chi connectivity index (χ3n) is 4.05. The number of phenolic OH excluding ortho intramolecular Hbond substituents is 1. The maximum atomic E-state index is 12.2. The van der Waals surface area contributed by atoms with Crippen LogP contribution in [0, 0.1) is 0 Å². The molecule has 3 N–H and O–H groups in total. The first kappa shape index (κ1) is 18.9. The van der Waals surface area contributed by atoms with E-state index in [0.717, 1.165) is 10.8 Å². The van der Waals surface area contributed by atoms with Crippen LogP contribution in [-0.2, 0) is 9.53 Å². The summed E-state index contributed by atoms with van der Waals surface area (Å²) in [6.45, 7) is -0.532. The molecule has 7 nitrogen and oxygen atoms in total. The Labute approximate surface area is 160 Å². The Hall–Kier alpha value is -3.87. The van der Waals surface area contributed by atoms with Crippen LogP contribution in [0.15, 0.2) is 60.7 Å². The molecule has 3 aromatic carbocycles. The number of ether oxygens (including phenoxy) is 1. The molecule has 0 aromatic heterocycles. The second-order valence-electron chi connectivity index (χ2n) is 6.00. The quantitative estimate of drug-likeness (QED) is 0.592. The number of anilines is 1. The number of hydrogen-bond donors (Lipinski definition) is 3. The van der Waals surface area contributed by atoms with Crippen LogP contribution in [0.5, 0.6) is 5.75 Å².